The summed E-state index contributed by atoms with van der Waals surface area (Å²) in [6.45, 7) is 10.3. The fraction of sp³-hybridized carbons (Fsp3) is 0.346. The molecule has 0 saturated carbocycles. The van der Waals surface area contributed by atoms with Crippen LogP contribution in [0.5, 0.6) is 5.88 Å². The van der Waals surface area contributed by atoms with Crippen LogP contribution < -0.4 is 10.1 Å². The number of ether oxygens (including phenoxy) is 2. The second-order valence-electron chi connectivity index (χ2n) is 8.91. The van der Waals surface area contributed by atoms with Crippen LogP contribution in [-0.2, 0) is 4.74 Å². The minimum atomic E-state index is -1.02. The first kappa shape index (κ1) is 25.1. The average Bonchev–Trinajstić information content (AvgIpc) is 2.74. The number of hydrogen-bond donors (Lipinski definition) is 1. The van der Waals surface area contributed by atoms with Crippen LogP contribution in [0.25, 0.3) is 10.8 Å². The predicted octanol–water partition coefficient (Wildman–Crippen LogP) is 6.04. The SMILES string of the molecule is CCOc1nccc2c(C(=O)c3c(F)cc(C(C)NC(=O)OC(C)(C)C)c(C)c3F)cccc12. The number of pyridine rings is 1. The Kier molecular flexibility index (Phi) is 7.19. The topological polar surface area (TPSA) is 77.5 Å². The van der Waals surface area contributed by atoms with Gasteiger partial charge in [-0.2, -0.15) is 0 Å². The fourth-order valence-corrected chi connectivity index (χ4v) is 3.72. The number of halogens is 2. The summed E-state index contributed by atoms with van der Waals surface area (Å²) >= 11 is 0. The Bertz CT molecular complexity index is 1250. The summed E-state index contributed by atoms with van der Waals surface area (Å²) < 4.78 is 41.3. The van der Waals surface area contributed by atoms with E-state index in [1.807, 2.05) is 6.92 Å². The molecule has 1 aromatic heterocycles. The van der Waals surface area contributed by atoms with E-state index in [-0.39, 0.29) is 16.7 Å². The van der Waals surface area contributed by atoms with E-state index in [4.69, 9.17) is 9.47 Å². The highest BCUT2D eigenvalue weighted by Crippen LogP contribution is 2.31. The Labute approximate surface area is 197 Å². The molecule has 0 aliphatic rings. The molecule has 1 N–H and O–H groups in total. The van der Waals surface area contributed by atoms with E-state index in [0.717, 1.165) is 6.07 Å². The van der Waals surface area contributed by atoms with Crippen molar-refractivity contribution in [2.45, 2.75) is 53.2 Å². The Morgan fingerprint density at radius 3 is 2.50 bits per heavy atom. The van der Waals surface area contributed by atoms with Gasteiger partial charge in [-0.25, -0.2) is 18.6 Å². The van der Waals surface area contributed by atoms with Gasteiger partial charge < -0.3 is 14.8 Å². The number of hydrogen-bond acceptors (Lipinski definition) is 5. The van der Waals surface area contributed by atoms with Gasteiger partial charge in [0.1, 0.15) is 17.2 Å². The van der Waals surface area contributed by atoms with Gasteiger partial charge in [-0.3, -0.25) is 4.79 Å². The number of ketones is 1. The lowest BCUT2D eigenvalue weighted by Crippen LogP contribution is -2.34. The number of amides is 1. The zero-order valence-corrected chi connectivity index (χ0v) is 20.1. The Morgan fingerprint density at radius 1 is 1.15 bits per heavy atom. The molecular formula is C26H28F2N2O4. The van der Waals surface area contributed by atoms with E-state index in [1.165, 1.54) is 19.2 Å². The van der Waals surface area contributed by atoms with Crippen molar-refractivity contribution in [1.82, 2.24) is 10.3 Å². The molecule has 6 nitrogen and oxygen atoms in total. The van der Waals surface area contributed by atoms with Crippen LogP contribution >= 0.6 is 0 Å². The van der Waals surface area contributed by atoms with Crippen molar-refractivity contribution in [3.8, 4) is 5.88 Å². The molecule has 0 radical (unpaired) electrons. The second-order valence-corrected chi connectivity index (χ2v) is 8.91. The van der Waals surface area contributed by atoms with E-state index in [0.29, 0.717) is 23.3 Å². The number of fused-ring (bicyclic) bond motifs is 1. The molecule has 8 heteroatoms. The lowest BCUT2D eigenvalue weighted by molar-refractivity contribution is 0.0507. The molecule has 1 atom stereocenters. The van der Waals surface area contributed by atoms with Crippen LogP contribution in [0.1, 0.15) is 67.7 Å². The van der Waals surface area contributed by atoms with Gasteiger partial charge in [-0.15, -0.1) is 0 Å². The molecule has 0 spiro atoms. The van der Waals surface area contributed by atoms with Crippen molar-refractivity contribution in [1.29, 1.82) is 0 Å². The summed E-state index contributed by atoms with van der Waals surface area (Å²) in [6.07, 6.45) is 0.768. The highest BCUT2D eigenvalue weighted by atomic mass is 19.1. The third-order valence-corrected chi connectivity index (χ3v) is 5.22. The van der Waals surface area contributed by atoms with Crippen LogP contribution in [0.4, 0.5) is 13.6 Å². The van der Waals surface area contributed by atoms with Gasteiger partial charge in [-0.1, -0.05) is 12.1 Å². The van der Waals surface area contributed by atoms with Crippen molar-refractivity contribution < 1.29 is 27.8 Å². The highest BCUT2D eigenvalue weighted by molar-refractivity contribution is 6.17. The zero-order valence-electron chi connectivity index (χ0n) is 20.1. The number of rotatable bonds is 6. The minimum absolute atomic E-state index is 0.0604. The van der Waals surface area contributed by atoms with E-state index >= 15 is 8.78 Å². The minimum Gasteiger partial charge on any atom is -0.478 e. The first-order chi connectivity index (χ1) is 15.9. The molecule has 0 fully saturated rings. The summed E-state index contributed by atoms with van der Waals surface area (Å²) in [5.74, 6) is -2.45. The summed E-state index contributed by atoms with van der Waals surface area (Å²) in [5, 5.41) is 3.62. The molecule has 1 amide bonds. The van der Waals surface area contributed by atoms with Gasteiger partial charge in [-0.05, 0) is 76.3 Å². The Hall–Kier alpha value is -3.55. The largest absolute Gasteiger partial charge is 0.478 e. The van der Waals surface area contributed by atoms with Crippen LogP contribution in [-0.4, -0.2) is 29.1 Å². The number of carbonyl (C=O) groups excluding carboxylic acids is 2. The van der Waals surface area contributed by atoms with Crippen LogP contribution in [0.15, 0.2) is 36.5 Å². The number of aromatic nitrogens is 1. The lowest BCUT2D eigenvalue weighted by atomic mass is 9.92. The number of nitrogens with zero attached hydrogens (tertiary/aromatic N) is 1. The molecule has 34 heavy (non-hydrogen) atoms. The summed E-state index contributed by atoms with van der Waals surface area (Å²) in [6, 6.07) is 6.79. The summed E-state index contributed by atoms with van der Waals surface area (Å²) in [7, 11) is 0. The molecule has 3 rings (SSSR count). The van der Waals surface area contributed by atoms with Gasteiger partial charge in [0.25, 0.3) is 0 Å². The lowest BCUT2D eigenvalue weighted by Gasteiger charge is -2.23. The molecule has 1 heterocycles. The van der Waals surface area contributed by atoms with Crippen molar-refractivity contribution >= 4 is 22.6 Å². The maximum absolute atomic E-state index is 15.4. The number of carbonyl (C=O) groups is 2. The summed E-state index contributed by atoms with van der Waals surface area (Å²) in [4.78, 5) is 29.6. The van der Waals surface area contributed by atoms with E-state index in [2.05, 4.69) is 10.3 Å². The van der Waals surface area contributed by atoms with Crippen LogP contribution in [0.3, 0.4) is 0 Å². The maximum Gasteiger partial charge on any atom is 0.408 e. The number of benzene rings is 2. The van der Waals surface area contributed by atoms with Crippen LogP contribution in [0, 0.1) is 18.6 Å². The summed E-state index contributed by atoms with van der Waals surface area (Å²) in [5.41, 5.74) is -0.983. The molecule has 180 valence electrons. The molecule has 0 aliphatic heterocycles. The highest BCUT2D eigenvalue weighted by Gasteiger charge is 2.27. The van der Waals surface area contributed by atoms with Gasteiger partial charge in [0.05, 0.1) is 18.2 Å². The Morgan fingerprint density at radius 2 is 1.85 bits per heavy atom. The third-order valence-electron chi connectivity index (χ3n) is 5.22. The van der Waals surface area contributed by atoms with Crippen molar-refractivity contribution in [3.63, 3.8) is 0 Å². The molecule has 0 bridgehead atoms. The number of nitrogens with one attached hydrogen (secondary N) is 1. The maximum atomic E-state index is 15.4. The Balaban J connectivity index is 2.01. The number of alkyl carbamates (subject to hydrolysis) is 1. The van der Waals surface area contributed by atoms with E-state index < -0.39 is 40.7 Å². The predicted molar refractivity (Wildman–Crippen MR) is 125 cm³/mol. The standard InChI is InChI=1S/C26H28F2N2O4/c1-7-33-24-18-10-8-9-17(16(18)11-12-29-24)23(31)21-20(27)13-19(14(2)22(21)28)15(3)30-25(32)34-26(4,5)6/h8-13,15H,7H2,1-6H3,(H,30,32). The first-order valence-corrected chi connectivity index (χ1v) is 11.0. The molecular weight excluding hydrogens is 442 g/mol. The van der Waals surface area contributed by atoms with Crippen molar-refractivity contribution in [2.24, 2.45) is 0 Å². The molecule has 0 saturated heterocycles. The third kappa shape index (κ3) is 5.16. The van der Waals surface area contributed by atoms with Crippen LogP contribution in [0.2, 0.25) is 0 Å². The second kappa shape index (κ2) is 9.75. The van der Waals surface area contributed by atoms with Crippen molar-refractivity contribution in [2.75, 3.05) is 6.61 Å². The molecule has 3 aromatic rings. The normalized spacial score (nSPS) is 12.4. The zero-order chi connectivity index (χ0) is 25.2. The van der Waals surface area contributed by atoms with Gasteiger partial charge >= 0.3 is 6.09 Å². The van der Waals surface area contributed by atoms with Gasteiger partial charge in [0, 0.05) is 17.1 Å². The van der Waals surface area contributed by atoms with E-state index in [1.54, 1.807) is 45.9 Å². The smallest absolute Gasteiger partial charge is 0.408 e. The molecule has 2 aromatic carbocycles. The molecule has 0 aliphatic carbocycles. The average molecular weight is 471 g/mol. The monoisotopic (exact) mass is 470 g/mol. The van der Waals surface area contributed by atoms with Crippen molar-refractivity contribution in [3.05, 3.63) is 70.4 Å². The molecule has 1 unspecified atom stereocenters. The van der Waals surface area contributed by atoms with E-state index in [9.17, 15) is 9.59 Å². The van der Waals surface area contributed by atoms with Gasteiger partial charge in [0.2, 0.25) is 5.88 Å². The fourth-order valence-electron chi connectivity index (χ4n) is 3.72. The van der Waals surface area contributed by atoms with Gasteiger partial charge in [0.15, 0.2) is 5.78 Å². The first-order valence-electron chi connectivity index (χ1n) is 11.0. The quantitative estimate of drug-likeness (QED) is 0.445.